The number of aliphatic hydroxyl groups is 2. The van der Waals surface area contributed by atoms with E-state index in [2.05, 4.69) is 15.3 Å². The van der Waals surface area contributed by atoms with Gasteiger partial charge in [0.1, 0.15) is 24.4 Å². The molecule has 3 rings (SSSR count). The van der Waals surface area contributed by atoms with Crippen LogP contribution < -0.4 is 15.7 Å². The molecular weight excluding hydrogens is 344 g/mol. The zero-order chi connectivity index (χ0) is 18.5. The maximum absolute atomic E-state index is 12.1. The highest BCUT2D eigenvalue weighted by Gasteiger charge is 2.35. The molecule has 3 atom stereocenters. The van der Waals surface area contributed by atoms with Gasteiger partial charge in [0.05, 0.1) is 12.7 Å². The fraction of sp³-hybridized carbons (Fsp3) is 0.375. The molecule has 2 heterocycles. The first-order chi connectivity index (χ1) is 12.6. The lowest BCUT2D eigenvalue weighted by Crippen LogP contribution is -2.30. The van der Waals surface area contributed by atoms with Gasteiger partial charge in [-0.15, -0.1) is 0 Å². The SMILES string of the molecule is O=C(COc1ccccc1)Nc1ncn([C@H]2C[C@H](O)[C@@H](CO)O2)c(=O)n1. The van der Waals surface area contributed by atoms with E-state index in [0.29, 0.717) is 5.75 Å². The lowest BCUT2D eigenvalue weighted by atomic mass is 10.2. The molecule has 0 aliphatic carbocycles. The van der Waals surface area contributed by atoms with Crippen LogP contribution in [0.4, 0.5) is 5.95 Å². The summed E-state index contributed by atoms with van der Waals surface area (Å²) in [6.07, 6.45) is -1.13. The fourth-order valence-corrected chi connectivity index (χ4v) is 2.48. The number of amides is 1. The molecule has 0 saturated carbocycles. The van der Waals surface area contributed by atoms with Gasteiger partial charge < -0.3 is 19.7 Å². The van der Waals surface area contributed by atoms with Crippen molar-refractivity contribution < 1.29 is 24.5 Å². The maximum atomic E-state index is 12.1. The van der Waals surface area contributed by atoms with Gasteiger partial charge >= 0.3 is 5.69 Å². The molecule has 138 valence electrons. The molecule has 0 spiro atoms. The molecule has 26 heavy (non-hydrogen) atoms. The van der Waals surface area contributed by atoms with Crippen LogP contribution in [-0.4, -0.2) is 56.1 Å². The van der Waals surface area contributed by atoms with Gasteiger partial charge in [-0.1, -0.05) is 18.2 Å². The second kappa shape index (κ2) is 8.04. The van der Waals surface area contributed by atoms with Gasteiger partial charge in [-0.05, 0) is 12.1 Å². The zero-order valence-electron chi connectivity index (χ0n) is 13.7. The van der Waals surface area contributed by atoms with Crippen LogP contribution in [0.1, 0.15) is 12.6 Å². The van der Waals surface area contributed by atoms with Crippen molar-refractivity contribution in [3.63, 3.8) is 0 Å². The lowest BCUT2D eigenvalue weighted by molar-refractivity contribution is -0.118. The van der Waals surface area contributed by atoms with Gasteiger partial charge in [-0.2, -0.15) is 4.98 Å². The highest BCUT2D eigenvalue weighted by atomic mass is 16.5. The predicted molar refractivity (Wildman–Crippen MR) is 88.5 cm³/mol. The van der Waals surface area contributed by atoms with Crippen LogP contribution in [0.5, 0.6) is 5.75 Å². The summed E-state index contributed by atoms with van der Waals surface area (Å²) in [5.41, 5.74) is -0.699. The smallest absolute Gasteiger partial charge is 0.354 e. The fourth-order valence-electron chi connectivity index (χ4n) is 2.48. The molecule has 3 N–H and O–H groups in total. The van der Waals surface area contributed by atoms with Gasteiger partial charge in [0.15, 0.2) is 6.61 Å². The van der Waals surface area contributed by atoms with Crippen LogP contribution in [0.2, 0.25) is 0 Å². The second-order valence-corrected chi connectivity index (χ2v) is 5.63. The summed E-state index contributed by atoms with van der Waals surface area (Å²) < 4.78 is 11.8. The number of benzene rings is 1. The third-order valence-electron chi connectivity index (χ3n) is 3.79. The van der Waals surface area contributed by atoms with Gasteiger partial charge in [0, 0.05) is 6.42 Å². The monoisotopic (exact) mass is 362 g/mol. The Hall–Kier alpha value is -2.82. The van der Waals surface area contributed by atoms with Crippen molar-refractivity contribution in [3.05, 3.63) is 47.1 Å². The number of hydrogen-bond donors (Lipinski definition) is 3. The van der Waals surface area contributed by atoms with Gasteiger partial charge in [0.25, 0.3) is 5.91 Å². The number of nitrogens with zero attached hydrogens (tertiary/aromatic N) is 3. The summed E-state index contributed by atoms with van der Waals surface area (Å²) in [5, 5.41) is 21.2. The van der Waals surface area contributed by atoms with Crippen molar-refractivity contribution >= 4 is 11.9 Å². The average Bonchev–Trinajstić information content (AvgIpc) is 3.01. The first-order valence-corrected chi connectivity index (χ1v) is 7.94. The molecule has 1 amide bonds. The standard InChI is InChI=1S/C16H18N4O6/c21-7-12-11(22)6-14(26-12)20-9-17-15(19-16(20)24)18-13(23)8-25-10-4-2-1-3-5-10/h1-5,9,11-12,14,21-22H,6-8H2,(H,18,19,23,24)/t11-,12+,14+/m0/s1. The molecule has 1 aliphatic rings. The topological polar surface area (TPSA) is 136 Å². The normalized spacial score (nSPS) is 22.2. The molecule has 0 unspecified atom stereocenters. The number of aliphatic hydroxyl groups excluding tert-OH is 2. The Morgan fingerprint density at radius 3 is 2.81 bits per heavy atom. The van der Waals surface area contributed by atoms with Crippen LogP contribution in [0.25, 0.3) is 0 Å². The molecule has 1 saturated heterocycles. The van der Waals surface area contributed by atoms with Crippen LogP contribution in [0.3, 0.4) is 0 Å². The van der Waals surface area contributed by atoms with E-state index < -0.39 is 30.0 Å². The molecule has 1 aliphatic heterocycles. The second-order valence-electron chi connectivity index (χ2n) is 5.63. The molecule has 1 aromatic carbocycles. The van der Waals surface area contributed by atoms with Crippen molar-refractivity contribution in [2.75, 3.05) is 18.5 Å². The number of hydrogen-bond acceptors (Lipinski definition) is 8. The molecule has 0 bridgehead atoms. The number of rotatable bonds is 6. The van der Waals surface area contributed by atoms with Gasteiger partial charge in [-0.25, -0.2) is 9.78 Å². The average molecular weight is 362 g/mol. The van der Waals surface area contributed by atoms with Crippen molar-refractivity contribution in [1.82, 2.24) is 14.5 Å². The highest BCUT2D eigenvalue weighted by Crippen LogP contribution is 2.26. The Kier molecular flexibility index (Phi) is 5.56. The van der Waals surface area contributed by atoms with Crippen molar-refractivity contribution in [2.45, 2.75) is 24.9 Å². The molecule has 1 fully saturated rings. The molecule has 10 nitrogen and oxygen atoms in total. The number of ether oxygens (including phenoxy) is 2. The Balaban J connectivity index is 1.59. The summed E-state index contributed by atoms with van der Waals surface area (Å²) in [4.78, 5) is 31.5. The number of para-hydroxylation sites is 1. The minimum Gasteiger partial charge on any atom is -0.484 e. The van der Waals surface area contributed by atoms with Gasteiger partial charge in [-0.3, -0.25) is 14.7 Å². The van der Waals surface area contributed by atoms with Crippen LogP contribution in [0.15, 0.2) is 41.5 Å². The van der Waals surface area contributed by atoms with Crippen molar-refractivity contribution in [2.24, 2.45) is 0 Å². The number of carbonyl (C=O) groups is 1. The van der Waals surface area contributed by atoms with E-state index in [-0.39, 0.29) is 25.6 Å². The number of carbonyl (C=O) groups excluding carboxylic acids is 1. The predicted octanol–water partition coefficient (Wildman–Crippen LogP) is -0.704. The largest absolute Gasteiger partial charge is 0.484 e. The van der Waals surface area contributed by atoms with E-state index in [4.69, 9.17) is 14.6 Å². The van der Waals surface area contributed by atoms with Crippen LogP contribution >= 0.6 is 0 Å². The van der Waals surface area contributed by atoms with E-state index >= 15 is 0 Å². The van der Waals surface area contributed by atoms with E-state index in [1.165, 1.54) is 6.33 Å². The molecule has 1 aromatic heterocycles. The summed E-state index contributed by atoms with van der Waals surface area (Å²) in [6.45, 7) is -0.616. The Bertz CT molecular complexity index is 812. The van der Waals surface area contributed by atoms with E-state index in [1.807, 2.05) is 6.07 Å². The summed E-state index contributed by atoms with van der Waals surface area (Å²) in [7, 11) is 0. The summed E-state index contributed by atoms with van der Waals surface area (Å²) >= 11 is 0. The van der Waals surface area contributed by atoms with E-state index in [9.17, 15) is 14.7 Å². The summed E-state index contributed by atoms with van der Waals surface area (Å²) in [5.74, 6) is -0.140. The quantitative estimate of drug-likeness (QED) is 0.614. The number of nitrogens with one attached hydrogen (secondary N) is 1. The first kappa shape index (κ1) is 18.0. The third kappa shape index (κ3) is 4.23. The van der Waals surface area contributed by atoms with E-state index in [0.717, 1.165) is 4.57 Å². The van der Waals surface area contributed by atoms with Crippen molar-refractivity contribution in [3.8, 4) is 5.75 Å². The first-order valence-electron chi connectivity index (χ1n) is 7.94. The Labute approximate surface area is 148 Å². The van der Waals surface area contributed by atoms with Crippen LogP contribution in [-0.2, 0) is 9.53 Å². The Morgan fingerprint density at radius 2 is 2.15 bits per heavy atom. The molecular formula is C16H18N4O6. The molecule has 2 aromatic rings. The van der Waals surface area contributed by atoms with E-state index in [1.54, 1.807) is 24.3 Å². The maximum Gasteiger partial charge on any atom is 0.354 e. The third-order valence-corrected chi connectivity index (χ3v) is 3.79. The lowest BCUT2D eigenvalue weighted by Gasteiger charge is -2.14. The van der Waals surface area contributed by atoms with Gasteiger partial charge in [0.2, 0.25) is 5.95 Å². The summed E-state index contributed by atoms with van der Waals surface area (Å²) in [6, 6.07) is 8.80. The Morgan fingerprint density at radius 1 is 1.38 bits per heavy atom. The van der Waals surface area contributed by atoms with Crippen LogP contribution in [0, 0.1) is 0 Å². The van der Waals surface area contributed by atoms with Crippen molar-refractivity contribution in [1.29, 1.82) is 0 Å². The minimum atomic E-state index is -0.883. The minimum absolute atomic E-state index is 0.130. The highest BCUT2D eigenvalue weighted by molar-refractivity contribution is 5.90. The molecule has 10 heteroatoms. The number of aromatic nitrogens is 3. The number of anilines is 1. The molecule has 0 radical (unpaired) electrons. The zero-order valence-corrected chi connectivity index (χ0v) is 13.7.